The summed E-state index contributed by atoms with van der Waals surface area (Å²) in [6, 6.07) is 8.72. The minimum Gasteiger partial charge on any atom is -0.281 e. The molecular weight excluding hydrogens is 322 g/mol. The highest BCUT2D eigenvalue weighted by Crippen LogP contribution is 2.27. The van der Waals surface area contributed by atoms with Crippen LogP contribution in [0.25, 0.3) is 0 Å². The van der Waals surface area contributed by atoms with E-state index in [9.17, 15) is 0 Å². The van der Waals surface area contributed by atoms with E-state index in [2.05, 4.69) is 66.7 Å². The van der Waals surface area contributed by atoms with Crippen LogP contribution in [0.3, 0.4) is 0 Å². The van der Waals surface area contributed by atoms with Crippen LogP contribution < -0.4 is 0 Å². The average Bonchev–Trinajstić information content (AvgIpc) is 2.98. The maximum absolute atomic E-state index is 4.94. The lowest BCUT2D eigenvalue weighted by Gasteiger charge is -2.10. The molecule has 0 radical (unpaired) electrons. The van der Waals surface area contributed by atoms with Crippen molar-refractivity contribution in [2.75, 3.05) is 0 Å². The summed E-state index contributed by atoms with van der Waals surface area (Å²) in [6.07, 6.45) is 8.86. The van der Waals surface area contributed by atoms with Gasteiger partial charge in [0.05, 0.1) is 6.04 Å². The van der Waals surface area contributed by atoms with Crippen molar-refractivity contribution in [2.45, 2.75) is 45.6 Å². The first-order valence-corrected chi connectivity index (χ1v) is 8.55. The van der Waals surface area contributed by atoms with E-state index >= 15 is 0 Å². The number of halogens is 1. The van der Waals surface area contributed by atoms with Crippen LogP contribution in [-0.4, -0.2) is 11.8 Å². The van der Waals surface area contributed by atoms with Gasteiger partial charge in [-0.2, -0.15) is 0 Å². The largest absolute Gasteiger partial charge is 0.281 e. The van der Waals surface area contributed by atoms with Crippen molar-refractivity contribution < 1.29 is 0 Å². The minimum atomic E-state index is 0.356. The quantitative estimate of drug-likeness (QED) is 0.565. The van der Waals surface area contributed by atoms with E-state index in [4.69, 9.17) is 4.99 Å². The number of hydrogen-bond donors (Lipinski definition) is 0. The Morgan fingerprint density at radius 3 is 2.90 bits per heavy atom. The summed E-state index contributed by atoms with van der Waals surface area (Å²) in [6.45, 7) is 8.34. The molecule has 1 aliphatic heterocycles. The highest BCUT2D eigenvalue weighted by atomic mass is 79.9. The van der Waals surface area contributed by atoms with E-state index in [1.165, 1.54) is 16.8 Å². The van der Waals surface area contributed by atoms with Crippen molar-refractivity contribution in [3.63, 3.8) is 0 Å². The minimum absolute atomic E-state index is 0.356. The first kappa shape index (κ1) is 16.2. The maximum Gasteiger partial charge on any atom is 0.0713 e. The van der Waals surface area contributed by atoms with Crippen LogP contribution in [0.1, 0.15) is 45.1 Å². The molecule has 112 valence electrons. The number of benzene rings is 1. The Hall–Kier alpha value is -1.15. The molecule has 0 aliphatic carbocycles. The van der Waals surface area contributed by atoms with E-state index in [1.54, 1.807) is 0 Å². The van der Waals surface area contributed by atoms with E-state index in [-0.39, 0.29) is 0 Å². The molecule has 0 spiro atoms. The summed E-state index contributed by atoms with van der Waals surface area (Å²) in [5.74, 6) is 0.591. The lowest BCUT2D eigenvalue weighted by Crippen LogP contribution is -2.02. The van der Waals surface area contributed by atoms with Crippen LogP contribution in [0, 0.1) is 5.92 Å². The van der Waals surface area contributed by atoms with Crippen LogP contribution >= 0.6 is 15.9 Å². The van der Waals surface area contributed by atoms with Crippen LogP contribution in [0.2, 0.25) is 0 Å². The second kappa shape index (κ2) is 7.74. The first-order chi connectivity index (χ1) is 10.2. The molecule has 2 unspecified atom stereocenters. The normalized spacial score (nSPS) is 20.2. The zero-order chi connectivity index (χ0) is 15.2. The second-order valence-electron chi connectivity index (χ2n) is 5.70. The van der Waals surface area contributed by atoms with Crippen LogP contribution in [0.4, 0.5) is 0 Å². The van der Waals surface area contributed by atoms with Crippen LogP contribution in [0.5, 0.6) is 0 Å². The highest BCUT2D eigenvalue weighted by molar-refractivity contribution is 9.10. The van der Waals surface area contributed by atoms with Gasteiger partial charge in [-0.1, -0.05) is 58.8 Å². The average molecular weight is 346 g/mol. The van der Waals surface area contributed by atoms with Gasteiger partial charge in [0, 0.05) is 15.7 Å². The molecule has 2 atom stereocenters. The summed E-state index contributed by atoms with van der Waals surface area (Å²) in [7, 11) is 0. The number of rotatable bonds is 6. The monoisotopic (exact) mass is 345 g/mol. The molecule has 1 aromatic rings. The molecule has 0 aromatic heterocycles. The van der Waals surface area contributed by atoms with E-state index in [0.717, 1.165) is 30.2 Å². The van der Waals surface area contributed by atoms with Crippen molar-refractivity contribution in [2.24, 2.45) is 10.9 Å². The van der Waals surface area contributed by atoms with Crippen molar-refractivity contribution in [1.82, 2.24) is 0 Å². The Morgan fingerprint density at radius 1 is 1.48 bits per heavy atom. The fourth-order valence-corrected chi connectivity index (χ4v) is 3.24. The Labute approximate surface area is 137 Å². The molecule has 0 saturated carbocycles. The predicted molar refractivity (Wildman–Crippen MR) is 96.1 cm³/mol. The second-order valence-corrected chi connectivity index (χ2v) is 6.55. The van der Waals surface area contributed by atoms with Crippen LogP contribution in [-0.2, 0) is 0 Å². The number of allylic oxidation sites excluding steroid dienone is 2. The van der Waals surface area contributed by atoms with Crippen LogP contribution in [0.15, 0.2) is 58.0 Å². The highest BCUT2D eigenvalue weighted by Gasteiger charge is 2.20. The zero-order valence-electron chi connectivity index (χ0n) is 13.0. The summed E-state index contributed by atoms with van der Waals surface area (Å²) < 4.78 is 1.14. The summed E-state index contributed by atoms with van der Waals surface area (Å²) >= 11 is 3.63. The molecule has 0 saturated heterocycles. The number of nitrogens with zero attached hydrogens (tertiary/aromatic N) is 1. The van der Waals surface area contributed by atoms with Gasteiger partial charge in [0.15, 0.2) is 0 Å². The van der Waals surface area contributed by atoms with Crippen molar-refractivity contribution in [3.05, 3.63) is 58.6 Å². The van der Waals surface area contributed by atoms with Gasteiger partial charge >= 0.3 is 0 Å². The maximum atomic E-state index is 4.94. The standard InChI is InChI=1S/C19H24BrN/c1-4-15(5-2)11-10-14(3)18-12-13-19(21-18)16-8-6-7-9-17(16)20/h4,6-10,15,18H,1,5,11-13H2,2-3H3/b14-10+. The van der Waals surface area contributed by atoms with Gasteiger partial charge < -0.3 is 0 Å². The Balaban J connectivity index is 2.08. The first-order valence-electron chi connectivity index (χ1n) is 7.76. The van der Waals surface area contributed by atoms with Crippen molar-refractivity contribution in [3.8, 4) is 0 Å². The third kappa shape index (κ3) is 4.16. The number of aliphatic imine (C=N–C) groups is 1. The molecule has 1 aliphatic rings. The Kier molecular flexibility index (Phi) is 5.98. The molecule has 0 bridgehead atoms. The van der Waals surface area contributed by atoms with E-state index < -0.39 is 0 Å². The molecule has 1 heterocycles. The van der Waals surface area contributed by atoms with E-state index in [0.29, 0.717) is 12.0 Å². The van der Waals surface area contributed by atoms with Gasteiger partial charge in [-0.05, 0) is 44.6 Å². The third-order valence-electron chi connectivity index (χ3n) is 4.28. The molecular formula is C19H24BrN. The molecule has 2 heteroatoms. The van der Waals surface area contributed by atoms with Gasteiger partial charge in [0.25, 0.3) is 0 Å². The summed E-state index contributed by atoms with van der Waals surface area (Å²) in [4.78, 5) is 4.94. The summed E-state index contributed by atoms with van der Waals surface area (Å²) in [5.41, 5.74) is 3.87. The topological polar surface area (TPSA) is 12.4 Å². The van der Waals surface area contributed by atoms with Gasteiger partial charge in [0.2, 0.25) is 0 Å². The third-order valence-corrected chi connectivity index (χ3v) is 4.97. The lowest BCUT2D eigenvalue weighted by atomic mass is 9.98. The van der Waals surface area contributed by atoms with Crippen molar-refractivity contribution >= 4 is 21.6 Å². The predicted octanol–water partition coefficient (Wildman–Crippen LogP) is 5.95. The Bertz CT molecular complexity index is 556. The molecule has 2 rings (SSSR count). The molecule has 0 N–H and O–H groups in total. The number of hydrogen-bond acceptors (Lipinski definition) is 1. The molecule has 1 aromatic carbocycles. The molecule has 0 amide bonds. The smallest absolute Gasteiger partial charge is 0.0713 e. The van der Waals surface area contributed by atoms with Gasteiger partial charge in [0.1, 0.15) is 0 Å². The molecule has 21 heavy (non-hydrogen) atoms. The molecule has 1 nitrogen and oxygen atoms in total. The zero-order valence-corrected chi connectivity index (χ0v) is 14.6. The van der Waals surface area contributed by atoms with Gasteiger partial charge in [-0.3, -0.25) is 4.99 Å². The van der Waals surface area contributed by atoms with Gasteiger partial charge in [-0.25, -0.2) is 0 Å². The fraction of sp³-hybridized carbons (Fsp3) is 0.421. The SMILES string of the molecule is C=CC(CC)C/C=C(\C)C1CCC(c2ccccc2Br)=N1. The van der Waals surface area contributed by atoms with E-state index in [1.807, 2.05) is 6.07 Å². The summed E-state index contributed by atoms with van der Waals surface area (Å²) in [5, 5.41) is 0. The fourth-order valence-electron chi connectivity index (χ4n) is 2.72. The molecule has 0 fully saturated rings. The van der Waals surface area contributed by atoms with Gasteiger partial charge in [-0.15, -0.1) is 6.58 Å². The van der Waals surface area contributed by atoms with Crippen molar-refractivity contribution in [1.29, 1.82) is 0 Å². The lowest BCUT2D eigenvalue weighted by molar-refractivity contribution is 0.632. The Morgan fingerprint density at radius 2 is 2.24 bits per heavy atom.